The van der Waals surface area contributed by atoms with Gasteiger partial charge in [0.25, 0.3) is 0 Å². The maximum absolute atomic E-state index is 11.5. The first-order valence-corrected chi connectivity index (χ1v) is 7.89. The molecular formula is C13H19NO4S. The van der Waals surface area contributed by atoms with Crippen molar-refractivity contribution in [3.63, 3.8) is 0 Å². The first-order valence-electron chi connectivity index (χ1n) is 6.23. The molecule has 0 unspecified atom stereocenters. The van der Waals surface area contributed by atoms with Crippen molar-refractivity contribution in [1.29, 1.82) is 0 Å². The van der Waals surface area contributed by atoms with Crippen molar-refractivity contribution >= 4 is 16.0 Å². The summed E-state index contributed by atoms with van der Waals surface area (Å²) < 4.78 is 30.0. The number of hydrogen-bond donors (Lipinski definition) is 1. The number of carbonyl (C=O) groups is 1. The molecule has 0 aliphatic carbocycles. The molecule has 106 valence electrons. The zero-order valence-electron chi connectivity index (χ0n) is 11.2. The predicted molar refractivity (Wildman–Crippen MR) is 73.5 cm³/mol. The highest BCUT2D eigenvalue weighted by Gasteiger charge is 2.12. The number of ether oxygens (including phenoxy) is 1. The monoisotopic (exact) mass is 285 g/mol. The normalized spacial score (nSPS) is 11.3. The Morgan fingerprint density at radius 1 is 1.32 bits per heavy atom. The summed E-state index contributed by atoms with van der Waals surface area (Å²) in [5.41, 5.74) is 1.05. The number of esters is 1. The van der Waals surface area contributed by atoms with Crippen molar-refractivity contribution in [3.8, 4) is 5.75 Å². The minimum absolute atomic E-state index is 0.00556. The lowest BCUT2D eigenvalue weighted by atomic mass is 10.2. The maximum atomic E-state index is 11.5. The van der Waals surface area contributed by atoms with Crippen LogP contribution in [0.25, 0.3) is 0 Å². The molecule has 0 amide bonds. The van der Waals surface area contributed by atoms with Crippen LogP contribution in [0.3, 0.4) is 0 Å². The summed E-state index contributed by atoms with van der Waals surface area (Å²) in [6, 6.07) is 7.15. The second-order valence-corrected chi connectivity index (χ2v) is 6.04. The molecule has 0 bridgehead atoms. The molecule has 0 saturated heterocycles. The molecule has 0 atom stereocenters. The van der Waals surface area contributed by atoms with Crippen LogP contribution in [0.1, 0.15) is 25.8 Å². The summed E-state index contributed by atoms with van der Waals surface area (Å²) in [4.78, 5) is 11.5. The van der Waals surface area contributed by atoms with Crippen molar-refractivity contribution in [2.45, 2.75) is 26.7 Å². The van der Waals surface area contributed by atoms with Crippen LogP contribution in [0.2, 0.25) is 0 Å². The van der Waals surface area contributed by atoms with Gasteiger partial charge in [-0.3, -0.25) is 4.79 Å². The standard InChI is InChI=1S/C13H19NO4S/c1-3-8-19(16,17)14-10-13(15)18-12-7-5-6-11(4-2)9-12/h5-7,9,14H,3-4,8,10H2,1-2H3. The Bertz CT molecular complexity index is 525. The first-order chi connectivity index (χ1) is 8.96. The van der Waals surface area contributed by atoms with Crippen LogP contribution in [-0.4, -0.2) is 26.7 Å². The lowest BCUT2D eigenvalue weighted by molar-refractivity contribution is -0.133. The Hall–Kier alpha value is -1.40. The quantitative estimate of drug-likeness (QED) is 0.608. The zero-order valence-corrected chi connectivity index (χ0v) is 12.0. The lowest BCUT2D eigenvalue weighted by Gasteiger charge is -2.07. The van der Waals surface area contributed by atoms with E-state index in [1.54, 1.807) is 25.1 Å². The zero-order chi connectivity index (χ0) is 14.3. The van der Waals surface area contributed by atoms with Gasteiger partial charge in [0.2, 0.25) is 10.0 Å². The molecule has 19 heavy (non-hydrogen) atoms. The highest BCUT2D eigenvalue weighted by molar-refractivity contribution is 7.89. The van der Waals surface area contributed by atoms with Gasteiger partial charge in [-0.05, 0) is 30.5 Å². The average molecular weight is 285 g/mol. The van der Waals surface area contributed by atoms with Gasteiger partial charge in [0.1, 0.15) is 12.3 Å². The van der Waals surface area contributed by atoms with E-state index in [1.165, 1.54) is 0 Å². The van der Waals surface area contributed by atoms with Gasteiger partial charge in [-0.1, -0.05) is 26.0 Å². The number of carbonyl (C=O) groups excluding carboxylic acids is 1. The van der Waals surface area contributed by atoms with Crippen molar-refractivity contribution < 1.29 is 17.9 Å². The van der Waals surface area contributed by atoms with Gasteiger partial charge in [0.15, 0.2) is 0 Å². The fraction of sp³-hybridized carbons (Fsp3) is 0.462. The second kappa shape index (κ2) is 7.25. The van der Waals surface area contributed by atoms with Crippen LogP contribution in [0.15, 0.2) is 24.3 Å². The highest BCUT2D eigenvalue weighted by atomic mass is 32.2. The molecule has 0 saturated carbocycles. The third-order valence-electron chi connectivity index (χ3n) is 2.45. The van der Waals surface area contributed by atoms with Crippen LogP contribution in [0.5, 0.6) is 5.75 Å². The van der Waals surface area contributed by atoms with Gasteiger partial charge in [0, 0.05) is 0 Å². The maximum Gasteiger partial charge on any atom is 0.326 e. The van der Waals surface area contributed by atoms with Crippen LogP contribution < -0.4 is 9.46 Å². The van der Waals surface area contributed by atoms with Gasteiger partial charge < -0.3 is 4.74 Å². The van der Waals surface area contributed by atoms with E-state index in [9.17, 15) is 13.2 Å². The third-order valence-corrected chi connectivity index (χ3v) is 3.98. The van der Waals surface area contributed by atoms with Gasteiger partial charge in [0.05, 0.1) is 5.75 Å². The molecular weight excluding hydrogens is 266 g/mol. The number of rotatable bonds is 7. The van der Waals surface area contributed by atoms with E-state index in [4.69, 9.17) is 4.74 Å². The number of sulfonamides is 1. The largest absolute Gasteiger partial charge is 0.426 e. The summed E-state index contributed by atoms with van der Waals surface area (Å²) in [5.74, 6) is -0.182. The molecule has 6 heteroatoms. The summed E-state index contributed by atoms with van der Waals surface area (Å²) in [6.45, 7) is 3.41. The van der Waals surface area contributed by atoms with E-state index < -0.39 is 16.0 Å². The molecule has 0 heterocycles. The van der Waals surface area contributed by atoms with Crippen LogP contribution in [0, 0.1) is 0 Å². The van der Waals surface area contributed by atoms with Crippen molar-refractivity contribution in [2.75, 3.05) is 12.3 Å². The molecule has 0 radical (unpaired) electrons. The highest BCUT2D eigenvalue weighted by Crippen LogP contribution is 2.13. The number of aryl methyl sites for hydroxylation is 1. The molecule has 0 aliphatic rings. The molecule has 1 N–H and O–H groups in total. The topological polar surface area (TPSA) is 72.5 Å². The van der Waals surface area contributed by atoms with Crippen LogP contribution in [0.4, 0.5) is 0 Å². The van der Waals surface area contributed by atoms with Crippen molar-refractivity contribution in [1.82, 2.24) is 4.72 Å². The average Bonchev–Trinajstić information content (AvgIpc) is 2.37. The van der Waals surface area contributed by atoms with Gasteiger partial charge >= 0.3 is 5.97 Å². The van der Waals surface area contributed by atoms with Crippen molar-refractivity contribution in [3.05, 3.63) is 29.8 Å². The molecule has 5 nitrogen and oxygen atoms in total. The first kappa shape index (κ1) is 15.7. The number of benzene rings is 1. The van der Waals surface area contributed by atoms with E-state index in [0.717, 1.165) is 12.0 Å². The fourth-order valence-electron chi connectivity index (χ4n) is 1.51. The Balaban J connectivity index is 2.51. The molecule has 0 aromatic heterocycles. The SMILES string of the molecule is CCCS(=O)(=O)NCC(=O)Oc1cccc(CC)c1. The minimum atomic E-state index is -3.38. The minimum Gasteiger partial charge on any atom is -0.426 e. The fourth-order valence-corrected chi connectivity index (χ4v) is 2.53. The Kier molecular flexibility index (Phi) is 5.98. The second-order valence-electron chi connectivity index (χ2n) is 4.12. The predicted octanol–water partition coefficient (Wildman–Crippen LogP) is 1.48. The van der Waals surface area contributed by atoms with E-state index >= 15 is 0 Å². The summed E-state index contributed by atoms with van der Waals surface area (Å²) in [6.07, 6.45) is 1.34. The molecule has 1 rings (SSSR count). The van der Waals surface area contributed by atoms with E-state index in [2.05, 4.69) is 4.72 Å². The number of hydrogen-bond acceptors (Lipinski definition) is 4. The molecule has 0 aliphatic heterocycles. The van der Waals surface area contributed by atoms with E-state index in [-0.39, 0.29) is 12.3 Å². The van der Waals surface area contributed by atoms with Crippen LogP contribution >= 0.6 is 0 Å². The molecule has 1 aromatic carbocycles. The molecule has 1 aromatic rings. The third kappa shape index (κ3) is 5.85. The smallest absolute Gasteiger partial charge is 0.326 e. The van der Waals surface area contributed by atoms with Crippen LogP contribution in [-0.2, 0) is 21.2 Å². The Morgan fingerprint density at radius 3 is 2.68 bits per heavy atom. The van der Waals surface area contributed by atoms with Gasteiger partial charge in [-0.2, -0.15) is 0 Å². The van der Waals surface area contributed by atoms with Gasteiger partial charge in [-0.25, -0.2) is 13.1 Å². The van der Waals surface area contributed by atoms with E-state index in [1.807, 2.05) is 13.0 Å². The van der Waals surface area contributed by atoms with E-state index in [0.29, 0.717) is 12.2 Å². The molecule has 0 fully saturated rings. The Morgan fingerprint density at radius 2 is 2.05 bits per heavy atom. The van der Waals surface area contributed by atoms with Crippen molar-refractivity contribution in [2.24, 2.45) is 0 Å². The summed E-state index contributed by atoms with van der Waals surface area (Å²) in [5, 5.41) is 0. The lowest BCUT2D eigenvalue weighted by Crippen LogP contribution is -2.33. The Labute approximate surface area is 114 Å². The summed E-state index contributed by atoms with van der Waals surface area (Å²) >= 11 is 0. The van der Waals surface area contributed by atoms with Gasteiger partial charge in [-0.15, -0.1) is 0 Å². The number of nitrogens with one attached hydrogen (secondary N) is 1. The summed E-state index contributed by atoms with van der Waals surface area (Å²) in [7, 11) is -3.38. The molecule has 0 spiro atoms.